The number of rotatable bonds is 5. The maximum Gasteiger partial charge on any atom is 0.407 e. The molecule has 6 nitrogen and oxygen atoms in total. The zero-order valence-corrected chi connectivity index (χ0v) is 11.8. The molecule has 7 heteroatoms. The molecular formula is C12H19N3O3S. The summed E-state index contributed by atoms with van der Waals surface area (Å²) >= 11 is 1.62. The summed E-state index contributed by atoms with van der Waals surface area (Å²) in [7, 11) is 1.58. The van der Waals surface area contributed by atoms with Crippen LogP contribution in [0.5, 0.6) is 0 Å². The molecule has 1 fully saturated rings. The number of hydrogen-bond donors (Lipinski definition) is 1. The Morgan fingerprint density at radius 2 is 2.53 bits per heavy atom. The summed E-state index contributed by atoms with van der Waals surface area (Å²) in [5, 5.41) is 5.87. The van der Waals surface area contributed by atoms with Crippen molar-refractivity contribution in [3.63, 3.8) is 0 Å². The van der Waals surface area contributed by atoms with Gasteiger partial charge in [-0.1, -0.05) is 0 Å². The summed E-state index contributed by atoms with van der Waals surface area (Å²) in [6.45, 7) is 2.48. The monoisotopic (exact) mass is 285 g/mol. The van der Waals surface area contributed by atoms with E-state index in [1.54, 1.807) is 24.6 Å². The molecule has 0 bridgehead atoms. The Kier molecular flexibility index (Phi) is 5.41. The smallest absolute Gasteiger partial charge is 0.407 e. The second-order valence-electron chi connectivity index (χ2n) is 4.37. The lowest BCUT2D eigenvalue weighted by Crippen LogP contribution is -2.48. The number of ether oxygens (including phenoxy) is 2. The van der Waals surface area contributed by atoms with Crippen LogP contribution < -0.4 is 10.2 Å². The Morgan fingerprint density at radius 3 is 3.26 bits per heavy atom. The van der Waals surface area contributed by atoms with Gasteiger partial charge in [-0.25, -0.2) is 9.78 Å². The van der Waals surface area contributed by atoms with E-state index >= 15 is 0 Å². The molecule has 1 amide bonds. The van der Waals surface area contributed by atoms with Crippen LogP contribution in [0, 0.1) is 0 Å². The molecular weight excluding hydrogens is 266 g/mol. The number of methoxy groups -OCH3 is 1. The quantitative estimate of drug-likeness (QED) is 0.830. The van der Waals surface area contributed by atoms with E-state index in [2.05, 4.69) is 15.2 Å². The number of thiazole rings is 1. The number of nitrogens with zero attached hydrogens (tertiary/aromatic N) is 2. The predicted molar refractivity (Wildman–Crippen MR) is 73.7 cm³/mol. The lowest BCUT2D eigenvalue weighted by atomic mass is 10.1. The molecule has 1 aliphatic heterocycles. The molecule has 1 aromatic heterocycles. The van der Waals surface area contributed by atoms with Crippen molar-refractivity contribution in [3.8, 4) is 0 Å². The van der Waals surface area contributed by atoms with Gasteiger partial charge in [0.15, 0.2) is 5.13 Å². The van der Waals surface area contributed by atoms with Gasteiger partial charge in [-0.3, -0.25) is 0 Å². The number of alkyl carbamates (subject to hydrolysis) is 1. The highest BCUT2D eigenvalue weighted by Crippen LogP contribution is 2.21. The number of piperidine rings is 1. The number of aromatic nitrogens is 1. The molecule has 0 aliphatic carbocycles. The van der Waals surface area contributed by atoms with Crippen LogP contribution >= 0.6 is 11.3 Å². The Hall–Kier alpha value is -1.34. The molecule has 2 heterocycles. The number of nitrogens with one attached hydrogen (secondary N) is 1. The molecule has 1 aliphatic rings. The third-order valence-corrected chi connectivity index (χ3v) is 3.79. The SMILES string of the molecule is COCCOC(=O)NC1CCCN(c2nccs2)C1. The maximum atomic E-state index is 11.6. The highest BCUT2D eigenvalue weighted by molar-refractivity contribution is 7.13. The van der Waals surface area contributed by atoms with E-state index in [1.807, 2.05) is 5.38 Å². The fourth-order valence-corrected chi connectivity index (χ4v) is 2.75. The molecule has 1 saturated heterocycles. The minimum Gasteiger partial charge on any atom is -0.447 e. The third-order valence-electron chi connectivity index (χ3n) is 2.95. The highest BCUT2D eigenvalue weighted by Gasteiger charge is 2.23. The van der Waals surface area contributed by atoms with Crippen LogP contribution in [0.2, 0.25) is 0 Å². The summed E-state index contributed by atoms with van der Waals surface area (Å²) in [5.74, 6) is 0. The van der Waals surface area contributed by atoms with E-state index < -0.39 is 0 Å². The predicted octanol–water partition coefficient (Wildman–Crippen LogP) is 1.48. The summed E-state index contributed by atoms with van der Waals surface area (Å²) in [6.07, 6.45) is 3.45. The van der Waals surface area contributed by atoms with E-state index in [9.17, 15) is 4.79 Å². The van der Waals surface area contributed by atoms with Crippen LogP contribution in [-0.2, 0) is 9.47 Å². The van der Waals surface area contributed by atoms with E-state index in [0.717, 1.165) is 31.1 Å². The van der Waals surface area contributed by atoms with Gasteiger partial charge in [0.1, 0.15) is 6.61 Å². The molecule has 1 atom stereocenters. The summed E-state index contributed by atoms with van der Waals surface area (Å²) < 4.78 is 9.83. The van der Waals surface area contributed by atoms with Crippen LogP contribution in [0.15, 0.2) is 11.6 Å². The normalized spacial score (nSPS) is 19.2. The minimum absolute atomic E-state index is 0.118. The number of amides is 1. The Morgan fingerprint density at radius 1 is 1.63 bits per heavy atom. The van der Waals surface area contributed by atoms with Crippen molar-refractivity contribution in [1.82, 2.24) is 10.3 Å². The minimum atomic E-state index is -0.372. The van der Waals surface area contributed by atoms with Crippen LogP contribution in [0.4, 0.5) is 9.93 Å². The molecule has 1 unspecified atom stereocenters. The van der Waals surface area contributed by atoms with Gasteiger partial charge >= 0.3 is 6.09 Å². The first-order valence-electron chi connectivity index (χ1n) is 6.36. The summed E-state index contributed by atoms with van der Waals surface area (Å²) in [6, 6.07) is 0.118. The molecule has 106 valence electrons. The number of carbonyl (C=O) groups is 1. The van der Waals surface area contributed by atoms with Gasteiger partial charge in [0.05, 0.1) is 6.61 Å². The van der Waals surface area contributed by atoms with E-state index in [0.29, 0.717) is 6.61 Å². The van der Waals surface area contributed by atoms with Crippen LogP contribution in [0.1, 0.15) is 12.8 Å². The van der Waals surface area contributed by atoms with Crippen molar-refractivity contribution < 1.29 is 14.3 Å². The first kappa shape index (κ1) is 14.1. The van der Waals surface area contributed by atoms with E-state index in [1.165, 1.54) is 0 Å². The van der Waals surface area contributed by atoms with Crippen molar-refractivity contribution in [2.75, 3.05) is 38.3 Å². The van der Waals surface area contributed by atoms with Crippen molar-refractivity contribution in [2.24, 2.45) is 0 Å². The summed E-state index contributed by atoms with van der Waals surface area (Å²) in [5.41, 5.74) is 0. The van der Waals surface area contributed by atoms with Gasteiger partial charge in [-0.2, -0.15) is 0 Å². The molecule has 0 spiro atoms. The largest absolute Gasteiger partial charge is 0.447 e. The standard InChI is InChI=1S/C12H19N3O3S/c1-17-6-7-18-12(16)14-10-3-2-5-15(9-10)11-13-4-8-19-11/h4,8,10H,2-3,5-7,9H2,1H3,(H,14,16). The van der Waals surface area contributed by atoms with Crippen molar-refractivity contribution in [3.05, 3.63) is 11.6 Å². The van der Waals surface area contributed by atoms with Gasteiger partial charge in [0, 0.05) is 37.8 Å². The lowest BCUT2D eigenvalue weighted by Gasteiger charge is -2.32. The van der Waals surface area contributed by atoms with Gasteiger partial charge in [0.2, 0.25) is 0 Å². The molecule has 1 aromatic rings. The zero-order chi connectivity index (χ0) is 13.5. The molecule has 2 rings (SSSR count). The Bertz CT molecular complexity index is 386. The van der Waals surface area contributed by atoms with Gasteiger partial charge in [-0.05, 0) is 12.8 Å². The van der Waals surface area contributed by atoms with Gasteiger partial charge < -0.3 is 19.7 Å². The number of carbonyl (C=O) groups excluding carboxylic acids is 1. The first-order valence-corrected chi connectivity index (χ1v) is 7.24. The topological polar surface area (TPSA) is 63.7 Å². The second-order valence-corrected chi connectivity index (χ2v) is 5.25. The van der Waals surface area contributed by atoms with Crippen molar-refractivity contribution in [1.29, 1.82) is 0 Å². The zero-order valence-electron chi connectivity index (χ0n) is 11.0. The number of anilines is 1. The maximum absolute atomic E-state index is 11.6. The van der Waals surface area contributed by atoms with Crippen LogP contribution in [-0.4, -0.2) is 50.5 Å². The molecule has 0 saturated carbocycles. The fraction of sp³-hybridized carbons (Fsp3) is 0.667. The van der Waals surface area contributed by atoms with Crippen LogP contribution in [0.25, 0.3) is 0 Å². The summed E-state index contributed by atoms with van der Waals surface area (Å²) in [4.78, 5) is 18.1. The average Bonchev–Trinajstić information content (AvgIpc) is 2.93. The lowest BCUT2D eigenvalue weighted by molar-refractivity contribution is 0.0959. The van der Waals surface area contributed by atoms with E-state index in [4.69, 9.17) is 9.47 Å². The first-order chi connectivity index (χ1) is 9.29. The Labute approximate surface area is 116 Å². The molecule has 0 aromatic carbocycles. The average molecular weight is 285 g/mol. The molecule has 1 N–H and O–H groups in total. The number of hydrogen-bond acceptors (Lipinski definition) is 6. The van der Waals surface area contributed by atoms with Gasteiger partial charge in [-0.15, -0.1) is 11.3 Å². The second kappa shape index (κ2) is 7.30. The molecule has 0 radical (unpaired) electrons. The van der Waals surface area contributed by atoms with Crippen molar-refractivity contribution >= 4 is 22.6 Å². The third kappa shape index (κ3) is 4.36. The molecule has 19 heavy (non-hydrogen) atoms. The highest BCUT2D eigenvalue weighted by atomic mass is 32.1. The van der Waals surface area contributed by atoms with Crippen molar-refractivity contribution in [2.45, 2.75) is 18.9 Å². The fourth-order valence-electron chi connectivity index (χ4n) is 2.07. The van der Waals surface area contributed by atoms with Gasteiger partial charge in [0.25, 0.3) is 0 Å². The Balaban J connectivity index is 1.76. The van der Waals surface area contributed by atoms with Crippen LogP contribution in [0.3, 0.4) is 0 Å². The van der Waals surface area contributed by atoms with E-state index in [-0.39, 0.29) is 18.7 Å².